The van der Waals surface area contributed by atoms with E-state index in [1.165, 1.54) is 0 Å². The molecule has 0 aromatic carbocycles. The van der Waals surface area contributed by atoms with Gasteiger partial charge < -0.3 is 19.4 Å². The van der Waals surface area contributed by atoms with Crippen LogP contribution in [-0.4, -0.2) is 47.4 Å². The van der Waals surface area contributed by atoms with Crippen LogP contribution >= 0.6 is 0 Å². The molecule has 3 rings (SSSR count). The largest absolute Gasteiger partial charge is 0.378 e. The Morgan fingerprint density at radius 2 is 2.48 bits per heavy atom. The first-order valence-electron chi connectivity index (χ1n) is 7.80. The number of ether oxygens (including phenoxy) is 2. The maximum Gasteiger partial charge on any atom is 0.222 e. The predicted octanol–water partition coefficient (Wildman–Crippen LogP) is 0.900. The van der Waals surface area contributed by atoms with Crippen molar-refractivity contribution >= 4 is 5.91 Å². The van der Waals surface area contributed by atoms with Crippen molar-refractivity contribution in [3.63, 3.8) is 0 Å². The summed E-state index contributed by atoms with van der Waals surface area (Å²) in [5, 5.41) is 3.08. The topological polar surface area (TPSA) is 65.4 Å². The molecule has 0 aliphatic carbocycles. The van der Waals surface area contributed by atoms with Gasteiger partial charge in [-0.05, 0) is 19.3 Å². The van der Waals surface area contributed by atoms with Crippen LogP contribution in [0, 0.1) is 0 Å². The van der Waals surface area contributed by atoms with Gasteiger partial charge in [-0.15, -0.1) is 0 Å². The molecule has 1 aromatic heterocycles. The normalized spacial score (nSPS) is 24.8. The third kappa shape index (κ3) is 4.04. The second kappa shape index (κ2) is 7.04. The van der Waals surface area contributed by atoms with Gasteiger partial charge in [-0.25, -0.2) is 4.98 Å². The summed E-state index contributed by atoms with van der Waals surface area (Å²) in [7, 11) is 0. The highest BCUT2D eigenvalue weighted by atomic mass is 16.5. The first-order valence-corrected chi connectivity index (χ1v) is 7.80. The van der Waals surface area contributed by atoms with Crippen LogP contribution < -0.4 is 5.32 Å². The van der Waals surface area contributed by atoms with Gasteiger partial charge in [0.2, 0.25) is 5.91 Å². The van der Waals surface area contributed by atoms with Crippen molar-refractivity contribution in [1.82, 2.24) is 14.9 Å². The Labute approximate surface area is 124 Å². The second-order valence-corrected chi connectivity index (χ2v) is 5.76. The van der Waals surface area contributed by atoms with Gasteiger partial charge in [-0.2, -0.15) is 0 Å². The number of carbonyl (C=O) groups excluding carboxylic acids is 1. The molecule has 1 fully saturated rings. The third-order valence-corrected chi connectivity index (χ3v) is 4.10. The number of nitrogens with one attached hydrogen (secondary N) is 1. The third-order valence-electron chi connectivity index (χ3n) is 4.10. The molecule has 0 saturated carbocycles. The number of carbonyl (C=O) groups is 1. The Balaban J connectivity index is 1.31. The van der Waals surface area contributed by atoms with Crippen LogP contribution in [0.3, 0.4) is 0 Å². The molecule has 2 aliphatic rings. The lowest BCUT2D eigenvalue weighted by Gasteiger charge is -2.24. The van der Waals surface area contributed by atoms with Gasteiger partial charge in [0.1, 0.15) is 5.82 Å². The summed E-state index contributed by atoms with van der Waals surface area (Å²) < 4.78 is 13.1. The minimum absolute atomic E-state index is 0.0657. The zero-order valence-corrected chi connectivity index (χ0v) is 12.3. The van der Waals surface area contributed by atoms with E-state index in [1.54, 1.807) is 0 Å². The first kappa shape index (κ1) is 14.5. The number of fused-ring (bicyclic) bond motifs is 1. The molecule has 2 atom stereocenters. The molecule has 0 unspecified atom stereocenters. The zero-order chi connectivity index (χ0) is 14.5. The summed E-state index contributed by atoms with van der Waals surface area (Å²) >= 11 is 0. The molecule has 1 aromatic rings. The number of hydrogen-bond acceptors (Lipinski definition) is 4. The number of rotatable bonds is 6. The van der Waals surface area contributed by atoms with E-state index < -0.39 is 0 Å². The van der Waals surface area contributed by atoms with Gasteiger partial charge in [0.25, 0.3) is 0 Å². The van der Waals surface area contributed by atoms with Crippen LogP contribution in [0.25, 0.3) is 0 Å². The summed E-state index contributed by atoms with van der Waals surface area (Å²) in [6, 6.07) is 0.206. The standard InChI is InChI=1S/C15H23N3O3/c19-15(5-9-20-11-13-2-1-8-21-13)17-12-3-4-14-16-6-7-18(14)10-12/h6-7,12-13H,1-5,8-11H2,(H,17,19)/t12-,13-/m1/s1. The van der Waals surface area contributed by atoms with Crippen molar-refractivity contribution in [2.75, 3.05) is 19.8 Å². The molecule has 1 amide bonds. The summed E-state index contributed by atoms with van der Waals surface area (Å²) in [6.07, 6.45) is 8.50. The maximum absolute atomic E-state index is 11.9. The van der Waals surface area contributed by atoms with Crippen LogP contribution in [0.15, 0.2) is 12.4 Å². The second-order valence-electron chi connectivity index (χ2n) is 5.76. The fourth-order valence-electron chi connectivity index (χ4n) is 2.94. The number of hydrogen-bond donors (Lipinski definition) is 1. The molecule has 1 N–H and O–H groups in total. The molecule has 6 heteroatoms. The Bertz CT molecular complexity index is 468. The van der Waals surface area contributed by atoms with Crippen molar-refractivity contribution in [1.29, 1.82) is 0 Å². The number of aryl methyl sites for hydroxylation is 1. The molecule has 116 valence electrons. The Kier molecular flexibility index (Phi) is 4.87. The van der Waals surface area contributed by atoms with E-state index in [4.69, 9.17) is 9.47 Å². The minimum Gasteiger partial charge on any atom is -0.378 e. The van der Waals surface area contributed by atoms with E-state index >= 15 is 0 Å². The lowest BCUT2D eigenvalue weighted by Crippen LogP contribution is -2.41. The number of amides is 1. The number of aromatic nitrogens is 2. The average molecular weight is 293 g/mol. The Morgan fingerprint density at radius 3 is 3.33 bits per heavy atom. The molecular formula is C15H23N3O3. The van der Waals surface area contributed by atoms with Gasteiger partial charge in [0.15, 0.2) is 0 Å². The van der Waals surface area contributed by atoms with Crippen LogP contribution in [0.1, 0.15) is 31.5 Å². The van der Waals surface area contributed by atoms with E-state index in [1.807, 2.05) is 12.4 Å². The summed E-state index contributed by atoms with van der Waals surface area (Å²) in [4.78, 5) is 16.2. The molecule has 6 nitrogen and oxygen atoms in total. The predicted molar refractivity (Wildman–Crippen MR) is 76.9 cm³/mol. The first-order chi connectivity index (χ1) is 10.3. The van der Waals surface area contributed by atoms with Crippen LogP contribution in [0.5, 0.6) is 0 Å². The molecule has 21 heavy (non-hydrogen) atoms. The van der Waals surface area contributed by atoms with Crippen molar-refractivity contribution in [3.8, 4) is 0 Å². The average Bonchev–Trinajstić information content (AvgIpc) is 3.14. The van der Waals surface area contributed by atoms with Crippen LogP contribution in [0.2, 0.25) is 0 Å². The molecule has 0 spiro atoms. The van der Waals surface area contributed by atoms with E-state index in [2.05, 4.69) is 14.9 Å². The quantitative estimate of drug-likeness (QED) is 0.792. The Morgan fingerprint density at radius 1 is 1.52 bits per heavy atom. The van der Waals surface area contributed by atoms with Crippen LogP contribution in [-0.2, 0) is 27.2 Å². The van der Waals surface area contributed by atoms with Crippen molar-refractivity contribution in [2.24, 2.45) is 0 Å². The van der Waals surface area contributed by atoms with Gasteiger partial charge in [-0.1, -0.05) is 0 Å². The van der Waals surface area contributed by atoms with Crippen LogP contribution in [0.4, 0.5) is 0 Å². The Hall–Kier alpha value is -1.40. The molecule has 2 aliphatic heterocycles. The SMILES string of the molecule is O=C(CCOC[C@H]1CCCO1)N[C@@H]1CCc2nccn2C1. The van der Waals surface area contributed by atoms with Crippen molar-refractivity contribution in [3.05, 3.63) is 18.2 Å². The van der Waals surface area contributed by atoms with Gasteiger partial charge >= 0.3 is 0 Å². The fourth-order valence-corrected chi connectivity index (χ4v) is 2.94. The van der Waals surface area contributed by atoms with Crippen molar-refractivity contribution < 1.29 is 14.3 Å². The smallest absolute Gasteiger partial charge is 0.222 e. The van der Waals surface area contributed by atoms with Gasteiger partial charge in [0, 0.05) is 44.4 Å². The lowest BCUT2D eigenvalue weighted by molar-refractivity contribution is -0.123. The van der Waals surface area contributed by atoms with E-state index in [9.17, 15) is 4.79 Å². The highest BCUT2D eigenvalue weighted by Crippen LogP contribution is 2.13. The van der Waals surface area contributed by atoms with Crippen molar-refractivity contribution in [2.45, 2.75) is 50.8 Å². The van der Waals surface area contributed by atoms with E-state index in [0.717, 1.165) is 44.7 Å². The minimum atomic E-state index is 0.0657. The van der Waals surface area contributed by atoms with Gasteiger partial charge in [-0.3, -0.25) is 4.79 Å². The molecule has 3 heterocycles. The highest BCUT2D eigenvalue weighted by Gasteiger charge is 2.20. The lowest BCUT2D eigenvalue weighted by atomic mass is 10.1. The number of nitrogens with zero attached hydrogens (tertiary/aromatic N) is 2. The molecule has 0 bridgehead atoms. The maximum atomic E-state index is 11.9. The molecule has 1 saturated heterocycles. The summed E-state index contributed by atoms with van der Waals surface area (Å²) in [6.45, 7) is 2.73. The molecule has 0 radical (unpaired) electrons. The van der Waals surface area contributed by atoms with E-state index in [-0.39, 0.29) is 18.1 Å². The number of imidazole rings is 1. The summed E-state index contributed by atoms with van der Waals surface area (Å²) in [5.74, 6) is 1.18. The van der Waals surface area contributed by atoms with E-state index in [0.29, 0.717) is 19.6 Å². The monoisotopic (exact) mass is 293 g/mol. The molecular weight excluding hydrogens is 270 g/mol. The summed E-state index contributed by atoms with van der Waals surface area (Å²) in [5.41, 5.74) is 0. The fraction of sp³-hybridized carbons (Fsp3) is 0.733. The zero-order valence-electron chi connectivity index (χ0n) is 12.3. The van der Waals surface area contributed by atoms with Gasteiger partial charge in [0.05, 0.1) is 19.3 Å². The highest BCUT2D eigenvalue weighted by molar-refractivity contribution is 5.76.